The fraction of sp³-hybridized carbons (Fsp3) is 0.143. The van der Waals surface area contributed by atoms with Crippen molar-refractivity contribution in [3.8, 4) is 0 Å². The molecule has 35 heavy (non-hydrogen) atoms. The lowest BCUT2D eigenvalue weighted by molar-refractivity contribution is -0.139. The molecule has 1 N–H and O–H groups in total. The second kappa shape index (κ2) is 12.0. The summed E-state index contributed by atoms with van der Waals surface area (Å²) in [6, 6.07) is 0. The highest BCUT2D eigenvalue weighted by Crippen LogP contribution is 2.24. The minimum atomic E-state index is -2.27. The van der Waals surface area contributed by atoms with Crippen molar-refractivity contribution >= 4 is 11.9 Å². The maximum Gasteiger partial charge on any atom is 0.330 e. The predicted molar refractivity (Wildman–Crippen MR) is 97.6 cm³/mol. The van der Waals surface area contributed by atoms with Crippen LogP contribution in [0.25, 0.3) is 0 Å². The SMILES string of the molecule is C=CC(=O)OCc1c(F)c(F)c(F)c(F)c1F.CC(=CCc1c(F)c(F)c(F)c(F)c1F)C(=O)O. The second-order valence-corrected chi connectivity index (χ2v) is 6.31. The van der Waals surface area contributed by atoms with Gasteiger partial charge in [0.15, 0.2) is 46.5 Å². The lowest BCUT2D eigenvalue weighted by Crippen LogP contribution is -2.10. The minimum absolute atomic E-state index is 0.265. The Balaban J connectivity index is 0.000000351. The van der Waals surface area contributed by atoms with Gasteiger partial charge in [-0.15, -0.1) is 0 Å². The Labute approximate surface area is 189 Å². The Bertz CT molecular complexity index is 1150. The number of hydrogen-bond donors (Lipinski definition) is 1. The highest BCUT2D eigenvalue weighted by atomic mass is 19.2. The molecular weight excluding hydrogens is 506 g/mol. The van der Waals surface area contributed by atoms with Crippen molar-refractivity contribution < 1.29 is 63.3 Å². The van der Waals surface area contributed by atoms with Gasteiger partial charge < -0.3 is 9.84 Å². The number of carbonyl (C=O) groups excluding carboxylic acids is 1. The van der Waals surface area contributed by atoms with Gasteiger partial charge in [0.2, 0.25) is 11.6 Å². The van der Waals surface area contributed by atoms with Gasteiger partial charge in [-0.3, -0.25) is 0 Å². The molecule has 14 heteroatoms. The van der Waals surface area contributed by atoms with Gasteiger partial charge >= 0.3 is 11.9 Å². The van der Waals surface area contributed by atoms with Crippen LogP contribution in [-0.2, 0) is 27.4 Å². The van der Waals surface area contributed by atoms with Gasteiger partial charge in [-0.2, -0.15) is 0 Å². The topological polar surface area (TPSA) is 63.6 Å². The maximum atomic E-state index is 13.2. The van der Waals surface area contributed by atoms with Crippen LogP contribution in [0.1, 0.15) is 18.1 Å². The van der Waals surface area contributed by atoms with Crippen molar-refractivity contribution in [3.63, 3.8) is 0 Å². The molecule has 0 fully saturated rings. The molecule has 0 saturated heterocycles. The molecular formula is C21H12F10O4. The first-order valence-corrected chi connectivity index (χ1v) is 8.87. The van der Waals surface area contributed by atoms with Gasteiger partial charge in [-0.05, 0) is 13.3 Å². The third-order valence-corrected chi connectivity index (χ3v) is 4.08. The van der Waals surface area contributed by atoms with Crippen molar-refractivity contribution in [3.05, 3.63) is 93.6 Å². The number of allylic oxidation sites excluding steroid dienone is 1. The van der Waals surface area contributed by atoms with Crippen LogP contribution in [0.4, 0.5) is 43.9 Å². The van der Waals surface area contributed by atoms with Crippen molar-refractivity contribution in [1.82, 2.24) is 0 Å². The molecule has 0 unspecified atom stereocenters. The summed E-state index contributed by atoms with van der Waals surface area (Å²) in [7, 11) is 0. The highest BCUT2D eigenvalue weighted by molar-refractivity contribution is 5.85. The van der Waals surface area contributed by atoms with Gasteiger partial charge in [0.25, 0.3) is 0 Å². The molecule has 2 aromatic rings. The largest absolute Gasteiger partial charge is 0.478 e. The van der Waals surface area contributed by atoms with E-state index in [1.807, 2.05) is 0 Å². The van der Waals surface area contributed by atoms with Crippen molar-refractivity contribution in [2.75, 3.05) is 0 Å². The summed E-state index contributed by atoms with van der Waals surface area (Å²) in [6.45, 7) is 3.06. The quantitative estimate of drug-likeness (QED) is 0.179. The van der Waals surface area contributed by atoms with Crippen LogP contribution in [0, 0.1) is 58.2 Å². The molecule has 2 rings (SSSR count). The molecule has 0 aliphatic carbocycles. The Hall–Kier alpha value is -3.84. The maximum absolute atomic E-state index is 13.2. The number of hydrogen-bond acceptors (Lipinski definition) is 3. The van der Waals surface area contributed by atoms with Gasteiger partial charge in [0.1, 0.15) is 6.61 Å². The number of esters is 1. The number of carboxylic acids is 1. The molecule has 0 atom stereocenters. The van der Waals surface area contributed by atoms with Crippen LogP contribution < -0.4 is 0 Å². The number of rotatable bonds is 6. The van der Waals surface area contributed by atoms with Gasteiger partial charge in [-0.25, -0.2) is 53.5 Å². The molecule has 0 aliphatic rings. The van der Waals surface area contributed by atoms with Crippen molar-refractivity contribution in [1.29, 1.82) is 0 Å². The van der Waals surface area contributed by atoms with E-state index >= 15 is 0 Å². The van der Waals surface area contributed by atoms with Crippen LogP contribution in [0.2, 0.25) is 0 Å². The van der Waals surface area contributed by atoms with Crippen LogP contribution in [0.15, 0.2) is 24.3 Å². The Morgan fingerprint density at radius 1 is 0.714 bits per heavy atom. The molecule has 0 heterocycles. The predicted octanol–water partition coefficient (Wildman–Crippen LogP) is 5.57. The standard InChI is InChI=1S/C11H7F5O2.C10H5F5O2/c1-4(11(17)18)2-3-5-6(12)8(14)10(16)9(15)7(5)13;1-2-5(16)17-3-4-6(11)8(13)10(15)9(14)7(4)12/h2H,3H2,1H3,(H,17,18);2H,1,3H2. The molecule has 2 aromatic carbocycles. The van der Waals surface area contributed by atoms with Gasteiger partial charge in [-0.1, -0.05) is 12.7 Å². The highest BCUT2D eigenvalue weighted by Gasteiger charge is 2.26. The smallest absolute Gasteiger partial charge is 0.330 e. The zero-order valence-electron chi connectivity index (χ0n) is 17.2. The minimum Gasteiger partial charge on any atom is -0.478 e. The number of halogens is 10. The van der Waals surface area contributed by atoms with E-state index in [0.29, 0.717) is 6.08 Å². The third kappa shape index (κ3) is 6.61. The summed E-state index contributed by atoms with van der Waals surface area (Å²) in [5.41, 5.74) is -2.54. The van der Waals surface area contributed by atoms with E-state index in [-0.39, 0.29) is 5.57 Å². The van der Waals surface area contributed by atoms with E-state index in [9.17, 15) is 53.5 Å². The van der Waals surface area contributed by atoms with E-state index in [1.54, 1.807) is 0 Å². The zero-order chi connectivity index (χ0) is 27.2. The number of carbonyl (C=O) groups is 2. The van der Waals surface area contributed by atoms with Crippen molar-refractivity contribution in [2.45, 2.75) is 20.0 Å². The van der Waals surface area contributed by atoms with Gasteiger partial charge in [0.05, 0.1) is 5.56 Å². The van der Waals surface area contributed by atoms with E-state index in [4.69, 9.17) is 5.11 Å². The van der Waals surface area contributed by atoms with Crippen LogP contribution in [0.3, 0.4) is 0 Å². The number of ether oxygens (including phenoxy) is 1. The normalized spacial score (nSPS) is 11.0. The van der Waals surface area contributed by atoms with E-state index in [1.165, 1.54) is 0 Å². The molecule has 0 saturated carbocycles. The first kappa shape index (κ1) is 29.2. The van der Waals surface area contributed by atoms with Crippen molar-refractivity contribution in [2.24, 2.45) is 0 Å². The first-order valence-electron chi connectivity index (χ1n) is 8.87. The summed E-state index contributed by atoms with van der Waals surface area (Å²) < 4.78 is 133. The summed E-state index contributed by atoms with van der Waals surface area (Å²) >= 11 is 0. The first-order chi connectivity index (χ1) is 16.2. The lowest BCUT2D eigenvalue weighted by atomic mass is 10.1. The number of aliphatic carboxylic acids is 1. The van der Waals surface area contributed by atoms with Crippen LogP contribution in [0.5, 0.6) is 0 Å². The molecule has 4 nitrogen and oxygen atoms in total. The van der Waals surface area contributed by atoms with E-state index < -0.39 is 94.3 Å². The molecule has 0 radical (unpaired) electrons. The molecule has 0 amide bonds. The molecule has 190 valence electrons. The Morgan fingerprint density at radius 3 is 1.40 bits per heavy atom. The molecule has 0 bridgehead atoms. The average molecular weight is 518 g/mol. The van der Waals surface area contributed by atoms with E-state index in [2.05, 4.69) is 11.3 Å². The molecule has 0 spiro atoms. The zero-order valence-corrected chi connectivity index (χ0v) is 17.2. The second-order valence-electron chi connectivity index (χ2n) is 6.31. The molecule has 0 aliphatic heterocycles. The fourth-order valence-corrected chi connectivity index (χ4v) is 2.15. The Morgan fingerprint density at radius 2 is 1.06 bits per heavy atom. The molecule has 0 aromatic heterocycles. The third-order valence-electron chi connectivity index (χ3n) is 4.08. The summed E-state index contributed by atoms with van der Waals surface area (Å²) in [6.07, 6.45) is 0.844. The monoisotopic (exact) mass is 518 g/mol. The van der Waals surface area contributed by atoms with Crippen LogP contribution >= 0.6 is 0 Å². The van der Waals surface area contributed by atoms with Crippen LogP contribution in [-0.4, -0.2) is 17.0 Å². The number of benzene rings is 2. The summed E-state index contributed by atoms with van der Waals surface area (Å²) in [5.74, 6) is -23.2. The average Bonchev–Trinajstić information content (AvgIpc) is 2.83. The summed E-state index contributed by atoms with van der Waals surface area (Å²) in [5, 5.41) is 8.49. The number of carboxylic acid groups (broad SMARTS) is 1. The lowest BCUT2D eigenvalue weighted by Gasteiger charge is -2.07. The van der Waals surface area contributed by atoms with Gasteiger partial charge in [0, 0.05) is 17.2 Å². The fourth-order valence-electron chi connectivity index (χ4n) is 2.15. The summed E-state index contributed by atoms with van der Waals surface area (Å²) in [4.78, 5) is 21.0. The Kier molecular flexibility index (Phi) is 10.0. The van der Waals surface area contributed by atoms with E-state index in [0.717, 1.165) is 13.0 Å².